The van der Waals surface area contributed by atoms with Gasteiger partial charge in [0.05, 0.1) is 16.3 Å². The van der Waals surface area contributed by atoms with Crippen LogP contribution >= 0.6 is 59.4 Å². The van der Waals surface area contributed by atoms with E-state index in [0.717, 1.165) is 0 Å². The Balaban J connectivity index is 1.85. The number of pyridine rings is 1. The first-order chi connectivity index (χ1) is 16.6. The standard InChI is InChI=1S/C21H18Br3ClN6O4/c1-10(2)27-17(32)9-35-30-20(33)12-6-11(22)7-13(23)18(12)28-21(34)15-8-16(24)29-31(15)19-14(25)4-3-5-26-19/h3-8,10H,9H2,1-2H3,(H,27,32)(H,28,34)(H,30,33). The molecule has 2 aromatic heterocycles. The Hall–Kier alpha value is -2.32. The second-order valence-corrected chi connectivity index (χ2v) is 10.3. The van der Waals surface area contributed by atoms with Crippen LogP contribution in [0.4, 0.5) is 5.69 Å². The highest BCUT2D eigenvalue weighted by atomic mass is 79.9. The Labute approximate surface area is 230 Å². The van der Waals surface area contributed by atoms with Crippen molar-refractivity contribution >= 4 is 82.8 Å². The molecule has 14 heteroatoms. The molecule has 0 bridgehead atoms. The van der Waals surface area contributed by atoms with Gasteiger partial charge in [-0.2, -0.15) is 5.10 Å². The van der Waals surface area contributed by atoms with Crippen LogP contribution in [0.5, 0.6) is 0 Å². The molecular weight excluding hydrogens is 675 g/mol. The molecule has 2 heterocycles. The van der Waals surface area contributed by atoms with Gasteiger partial charge in [0.2, 0.25) is 5.91 Å². The molecule has 0 saturated heterocycles. The van der Waals surface area contributed by atoms with Crippen LogP contribution in [0, 0.1) is 0 Å². The second kappa shape index (κ2) is 12.1. The van der Waals surface area contributed by atoms with E-state index in [1.165, 1.54) is 23.0 Å². The van der Waals surface area contributed by atoms with Crippen LogP contribution in [0.1, 0.15) is 34.7 Å². The molecule has 184 valence electrons. The molecule has 0 aliphatic heterocycles. The smallest absolute Gasteiger partial charge is 0.277 e. The highest BCUT2D eigenvalue weighted by Gasteiger charge is 2.23. The van der Waals surface area contributed by atoms with Crippen LogP contribution in [-0.4, -0.2) is 45.1 Å². The monoisotopic (exact) mass is 690 g/mol. The number of anilines is 1. The molecular formula is C21H18Br3ClN6O4. The van der Waals surface area contributed by atoms with Crippen molar-refractivity contribution in [2.24, 2.45) is 0 Å². The largest absolute Gasteiger partial charge is 0.352 e. The van der Waals surface area contributed by atoms with Crippen molar-refractivity contribution in [1.29, 1.82) is 0 Å². The van der Waals surface area contributed by atoms with Crippen LogP contribution < -0.4 is 16.1 Å². The van der Waals surface area contributed by atoms with Gasteiger partial charge in [0.1, 0.15) is 10.3 Å². The van der Waals surface area contributed by atoms with Crippen LogP contribution in [-0.2, 0) is 9.63 Å². The van der Waals surface area contributed by atoms with Gasteiger partial charge in [0.25, 0.3) is 11.8 Å². The molecule has 0 aliphatic rings. The summed E-state index contributed by atoms with van der Waals surface area (Å²) in [5.74, 6) is -1.40. The summed E-state index contributed by atoms with van der Waals surface area (Å²) in [6.07, 6.45) is 1.52. The van der Waals surface area contributed by atoms with E-state index in [1.807, 2.05) is 0 Å². The van der Waals surface area contributed by atoms with Crippen molar-refractivity contribution in [2.45, 2.75) is 19.9 Å². The molecule has 0 unspecified atom stereocenters. The minimum atomic E-state index is -0.679. The maximum absolute atomic E-state index is 13.2. The van der Waals surface area contributed by atoms with Gasteiger partial charge >= 0.3 is 0 Å². The summed E-state index contributed by atoms with van der Waals surface area (Å²) in [6.45, 7) is 3.23. The average molecular weight is 694 g/mol. The molecule has 10 nitrogen and oxygen atoms in total. The van der Waals surface area contributed by atoms with E-state index in [9.17, 15) is 14.4 Å². The molecule has 0 fully saturated rings. The van der Waals surface area contributed by atoms with Gasteiger partial charge in [0.15, 0.2) is 12.4 Å². The Bertz CT molecular complexity index is 1280. The lowest BCUT2D eigenvalue weighted by Crippen LogP contribution is -2.36. The predicted molar refractivity (Wildman–Crippen MR) is 141 cm³/mol. The molecule has 0 spiro atoms. The van der Waals surface area contributed by atoms with Crippen LogP contribution in [0.3, 0.4) is 0 Å². The summed E-state index contributed by atoms with van der Waals surface area (Å²) in [5, 5.41) is 9.89. The van der Waals surface area contributed by atoms with Crippen molar-refractivity contribution in [3.63, 3.8) is 0 Å². The van der Waals surface area contributed by atoms with Crippen LogP contribution in [0.15, 0.2) is 50.1 Å². The van der Waals surface area contributed by atoms with Crippen molar-refractivity contribution in [2.75, 3.05) is 11.9 Å². The SMILES string of the molecule is CC(C)NC(=O)CONC(=O)c1cc(Br)cc(Br)c1NC(=O)c1cc(Br)nn1-c1ncccc1Cl. The number of benzene rings is 1. The number of nitrogens with zero attached hydrogens (tertiary/aromatic N) is 3. The number of amides is 3. The van der Waals surface area contributed by atoms with Gasteiger partial charge in [-0.05, 0) is 70.0 Å². The summed E-state index contributed by atoms with van der Waals surface area (Å²) in [4.78, 5) is 47.0. The highest BCUT2D eigenvalue weighted by molar-refractivity contribution is 9.11. The van der Waals surface area contributed by atoms with E-state index in [-0.39, 0.29) is 35.4 Å². The summed E-state index contributed by atoms with van der Waals surface area (Å²) in [6, 6.07) is 7.85. The van der Waals surface area contributed by atoms with Gasteiger partial charge in [-0.1, -0.05) is 27.5 Å². The number of rotatable bonds is 8. The summed E-state index contributed by atoms with van der Waals surface area (Å²) in [5.41, 5.74) is 2.57. The molecule has 3 rings (SSSR count). The number of carbonyl (C=O) groups excluding carboxylic acids is 3. The third kappa shape index (κ3) is 7.10. The van der Waals surface area contributed by atoms with Crippen molar-refractivity contribution < 1.29 is 19.2 Å². The summed E-state index contributed by atoms with van der Waals surface area (Å²) in [7, 11) is 0. The molecule has 3 amide bonds. The Morgan fingerprint density at radius 2 is 1.89 bits per heavy atom. The molecule has 35 heavy (non-hydrogen) atoms. The fourth-order valence-electron chi connectivity index (χ4n) is 2.85. The number of nitrogens with one attached hydrogen (secondary N) is 3. The molecule has 0 atom stereocenters. The number of halogens is 4. The minimum absolute atomic E-state index is 0.0703. The van der Waals surface area contributed by atoms with E-state index in [2.05, 4.69) is 74.0 Å². The quantitative estimate of drug-likeness (QED) is 0.295. The number of hydrogen-bond donors (Lipinski definition) is 3. The molecule has 0 saturated carbocycles. The number of aromatic nitrogens is 3. The van der Waals surface area contributed by atoms with E-state index in [4.69, 9.17) is 16.4 Å². The highest BCUT2D eigenvalue weighted by Crippen LogP contribution is 2.32. The van der Waals surface area contributed by atoms with E-state index >= 15 is 0 Å². The second-order valence-electron chi connectivity index (χ2n) is 7.28. The fraction of sp³-hybridized carbons (Fsp3) is 0.190. The molecule has 0 radical (unpaired) electrons. The summed E-state index contributed by atoms with van der Waals surface area (Å²) >= 11 is 16.2. The average Bonchev–Trinajstić information content (AvgIpc) is 3.16. The maximum atomic E-state index is 13.2. The molecule has 0 aliphatic carbocycles. The van der Waals surface area contributed by atoms with Crippen molar-refractivity contribution in [3.05, 3.63) is 66.4 Å². The van der Waals surface area contributed by atoms with Crippen LogP contribution in [0.25, 0.3) is 5.82 Å². The third-order valence-corrected chi connectivity index (χ3v) is 5.97. The lowest BCUT2D eigenvalue weighted by Gasteiger charge is -2.15. The zero-order valence-electron chi connectivity index (χ0n) is 18.2. The van der Waals surface area contributed by atoms with E-state index in [0.29, 0.717) is 18.6 Å². The molecule has 1 aromatic carbocycles. The number of carbonyl (C=O) groups is 3. The summed E-state index contributed by atoms with van der Waals surface area (Å²) < 4.78 is 2.65. The zero-order valence-corrected chi connectivity index (χ0v) is 23.7. The first-order valence-electron chi connectivity index (χ1n) is 9.95. The van der Waals surface area contributed by atoms with Crippen molar-refractivity contribution in [1.82, 2.24) is 25.6 Å². The molecule has 3 N–H and O–H groups in total. The van der Waals surface area contributed by atoms with Crippen molar-refractivity contribution in [3.8, 4) is 5.82 Å². The van der Waals surface area contributed by atoms with Gasteiger partial charge in [-0.3, -0.25) is 19.2 Å². The van der Waals surface area contributed by atoms with Gasteiger partial charge in [0, 0.05) is 27.3 Å². The minimum Gasteiger partial charge on any atom is -0.352 e. The lowest BCUT2D eigenvalue weighted by molar-refractivity contribution is -0.127. The Morgan fingerprint density at radius 3 is 2.57 bits per heavy atom. The normalized spacial score (nSPS) is 10.8. The number of hydrogen-bond acceptors (Lipinski definition) is 6. The van der Waals surface area contributed by atoms with Gasteiger partial charge in [-0.25, -0.2) is 15.1 Å². The first-order valence-corrected chi connectivity index (χ1v) is 12.7. The van der Waals surface area contributed by atoms with E-state index < -0.39 is 17.7 Å². The molecule has 3 aromatic rings. The van der Waals surface area contributed by atoms with E-state index in [1.54, 1.807) is 32.0 Å². The Kier molecular flexibility index (Phi) is 9.41. The lowest BCUT2D eigenvalue weighted by atomic mass is 10.1. The first kappa shape index (κ1) is 27.3. The zero-order chi connectivity index (χ0) is 25.7. The predicted octanol–water partition coefficient (Wildman–Crippen LogP) is 4.65. The van der Waals surface area contributed by atoms with Gasteiger partial charge in [-0.15, -0.1) is 0 Å². The number of hydroxylamine groups is 1. The van der Waals surface area contributed by atoms with Gasteiger partial charge < -0.3 is 10.6 Å². The fourth-order valence-corrected chi connectivity index (χ4v) is 4.75. The van der Waals surface area contributed by atoms with Crippen LogP contribution in [0.2, 0.25) is 5.02 Å². The maximum Gasteiger partial charge on any atom is 0.277 e. The topological polar surface area (TPSA) is 127 Å². The Morgan fingerprint density at radius 1 is 1.14 bits per heavy atom. The third-order valence-electron chi connectivity index (χ3n) is 4.21.